The van der Waals surface area contributed by atoms with Gasteiger partial charge < -0.3 is 5.73 Å². The lowest BCUT2D eigenvalue weighted by Gasteiger charge is -1.98. The maximum absolute atomic E-state index is 5.45. The quantitative estimate of drug-likeness (QED) is 0.714. The maximum Gasteiger partial charge on any atom is 0.0682 e. The number of rotatable bonds is 2. The first-order chi connectivity index (χ1) is 5.92. The molecule has 0 aliphatic rings. The van der Waals surface area contributed by atoms with Gasteiger partial charge in [0, 0.05) is 11.9 Å². The molecule has 0 saturated heterocycles. The third-order valence-corrected chi connectivity index (χ3v) is 1.89. The average molecular weight is 161 g/mol. The highest BCUT2D eigenvalue weighted by Gasteiger charge is 1.98. The molecule has 0 aliphatic heterocycles. The molecule has 2 rings (SSSR count). The van der Waals surface area contributed by atoms with Crippen LogP contribution in [0.25, 0.3) is 10.9 Å². The first kappa shape index (κ1) is 7.31. The van der Waals surface area contributed by atoms with Crippen molar-refractivity contribution in [2.75, 3.05) is 6.54 Å². The highest BCUT2D eigenvalue weighted by Crippen LogP contribution is 2.11. The largest absolute Gasteiger partial charge is 0.329 e. The van der Waals surface area contributed by atoms with E-state index in [1.807, 2.05) is 23.0 Å². The molecule has 0 atom stereocenters. The van der Waals surface area contributed by atoms with E-state index in [4.69, 9.17) is 5.73 Å². The molecule has 0 radical (unpaired) electrons. The normalized spacial score (nSPS) is 10.8. The standard InChI is InChI=1S/C9H11N3/c10-5-6-12-9-4-2-1-3-8(9)7-11-12/h1-4,7H,5-6,10H2. The highest BCUT2D eigenvalue weighted by molar-refractivity contribution is 5.78. The summed E-state index contributed by atoms with van der Waals surface area (Å²) in [6, 6.07) is 8.13. The van der Waals surface area contributed by atoms with Crippen molar-refractivity contribution in [3.8, 4) is 0 Å². The molecule has 0 saturated carbocycles. The maximum atomic E-state index is 5.45. The van der Waals surface area contributed by atoms with Gasteiger partial charge in [-0.15, -0.1) is 0 Å². The van der Waals surface area contributed by atoms with Crippen molar-refractivity contribution in [3.63, 3.8) is 0 Å². The second kappa shape index (κ2) is 2.95. The van der Waals surface area contributed by atoms with Crippen LogP contribution in [0.5, 0.6) is 0 Å². The Labute approximate surface area is 70.8 Å². The Morgan fingerprint density at radius 3 is 3.00 bits per heavy atom. The molecular weight excluding hydrogens is 150 g/mol. The number of aromatic nitrogens is 2. The molecule has 0 aliphatic carbocycles. The minimum Gasteiger partial charge on any atom is -0.329 e. The highest BCUT2D eigenvalue weighted by atomic mass is 15.3. The van der Waals surface area contributed by atoms with Gasteiger partial charge in [0.25, 0.3) is 0 Å². The Hall–Kier alpha value is -1.35. The number of nitrogens with two attached hydrogens (primary N) is 1. The summed E-state index contributed by atoms with van der Waals surface area (Å²) in [6.07, 6.45) is 1.87. The van der Waals surface area contributed by atoms with Gasteiger partial charge in [-0.25, -0.2) is 0 Å². The van der Waals surface area contributed by atoms with Crippen molar-refractivity contribution in [2.24, 2.45) is 5.73 Å². The van der Waals surface area contributed by atoms with Gasteiger partial charge in [-0.1, -0.05) is 18.2 Å². The van der Waals surface area contributed by atoms with Crippen LogP contribution in [0.4, 0.5) is 0 Å². The van der Waals surface area contributed by atoms with Gasteiger partial charge >= 0.3 is 0 Å². The molecule has 3 heteroatoms. The van der Waals surface area contributed by atoms with Crippen LogP contribution in [0, 0.1) is 0 Å². The van der Waals surface area contributed by atoms with Crippen LogP contribution < -0.4 is 5.73 Å². The first-order valence-electron chi connectivity index (χ1n) is 4.02. The second-order valence-electron chi connectivity index (χ2n) is 2.72. The van der Waals surface area contributed by atoms with E-state index in [1.165, 1.54) is 5.39 Å². The van der Waals surface area contributed by atoms with Crippen LogP contribution in [0.15, 0.2) is 30.5 Å². The average Bonchev–Trinajstić information content (AvgIpc) is 2.50. The molecule has 62 valence electrons. The van der Waals surface area contributed by atoms with E-state index in [1.54, 1.807) is 0 Å². The lowest BCUT2D eigenvalue weighted by molar-refractivity contribution is 0.646. The predicted molar refractivity (Wildman–Crippen MR) is 48.8 cm³/mol. The molecular formula is C9H11N3. The second-order valence-corrected chi connectivity index (χ2v) is 2.72. The van der Waals surface area contributed by atoms with Crippen molar-refractivity contribution < 1.29 is 0 Å². The minimum atomic E-state index is 0.631. The number of hydrogen-bond donors (Lipinski definition) is 1. The molecule has 0 bridgehead atoms. The fourth-order valence-electron chi connectivity index (χ4n) is 1.33. The summed E-state index contributed by atoms with van der Waals surface area (Å²) in [7, 11) is 0. The Morgan fingerprint density at radius 2 is 2.17 bits per heavy atom. The van der Waals surface area contributed by atoms with Crippen LogP contribution >= 0.6 is 0 Å². The molecule has 12 heavy (non-hydrogen) atoms. The van der Waals surface area contributed by atoms with Crippen molar-refractivity contribution in [1.82, 2.24) is 9.78 Å². The lowest BCUT2D eigenvalue weighted by atomic mass is 10.3. The monoisotopic (exact) mass is 161 g/mol. The summed E-state index contributed by atoms with van der Waals surface area (Å²) in [6.45, 7) is 1.42. The fraction of sp³-hybridized carbons (Fsp3) is 0.222. The van der Waals surface area contributed by atoms with E-state index in [9.17, 15) is 0 Å². The number of para-hydroxylation sites is 1. The van der Waals surface area contributed by atoms with Crippen molar-refractivity contribution >= 4 is 10.9 Å². The number of nitrogens with zero attached hydrogens (tertiary/aromatic N) is 2. The molecule has 0 spiro atoms. The molecule has 1 heterocycles. The fourth-order valence-corrected chi connectivity index (χ4v) is 1.33. The van der Waals surface area contributed by atoms with E-state index in [0.717, 1.165) is 12.1 Å². The van der Waals surface area contributed by atoms with Crippen LogP contribution in [-0.4, -0.2) is 16.3 Å². The zero-order valence-corrected chi connectivity index (χ0v) is 6.77. The third-order valence-electron chi connectivity index (χ3n) is 1.89. The SMILES string of the molecule is NCCn1ncc2ccccc21. The first-order valence-corrected chi connectivity index (χ1v) is 4.02. The lowest BCUT2D eigenvalue weighted by Crippen LogP contribution is -2.10. The zero-order chi connectivity index (χ0) is 8.39. The molecule has 3 nitrogen and oxygen atoms in total. The van der Waals surface area contributed by atoms with Gasteiger partial charge in [0.15, 0.2) is 0 Å². The molecule has 1 aromatic heterocycles. The van der Waals surface area contributed by atoms with Crippen molar-refractivity contribution in [1.29, 1.82) is 0 Å². The summed E-state index contributed by atoms with van der Waals surface area (Å²) in [5, 5.41) is 5.39. The van der Waals surface area contributed by atoms with Crippen LogP contribution in [0.3, 0.4) is 0 Å². The Balaban J connectivity index is 2.55. The zero-order valence-electron chi connectivity index (χ0n) is 6.77. The summed E-state index contributed by atoms with van der Waals surface area (Å²) in [5.74, 6) is 0. The van der Waals surface area contributed by atoms with Crippen LogP contribution in [-0.2, 0) is 6.54 Å². The van der Waals surface area contributed by atoms with E-state index < -0.39 is 0 Å². The van der Waals surface area contributed by atoms with Crippen LogP contribution in [0.2, 0.25) is 0 Å². The smallest absolute Gasteiger partial charge is 0.0682 e. The van der Waals surface area contributed by atoms with Gasteiger partial charge in [-0.2, -0.15) is 5.10 Å². The van der Waals surface area contributed by atoms with Gasteiger partial charge in [-0.3, -0.25) is 4.68 Å². The van der Waals surface area contributed by atoms with Gasteiger partial charge in [0.2, 0.25) is 0 Å². The number of benzene rings is 1. The molecule has 0 amide bonds. The summed E-state index contributed by atoms with van der Waals surface area (Å²) in [5.41, 5.74) is 6.61. The number of hydrogen-bond acceptors (Lipinski definition) is 2. The van der Waals surface area contributed by atoms with Crippen LogP contribution in [0.1, 0.15) is 0 Å². The number of fused-ring (bicyclic) bond motifs is 1. The van der Waals surface area contributed by atoms with E-state index in [0.29, 0.717) is 6.54 Å². The topological polar surface area (TPSA) is 43.8 Å². The minimum absolute atomic E-state index is 0.631. The molecule has 2 N–H and O–H groups in total. The molecule has 0 fully saturated rings. The Morgan fingerprint density at radius 1 is 1.33 bits per heavy atom. The van der Waals surface area contributed by atoms with E-state index in [-0.39, 0.29) is 0 Å². The molecule has 0 unspecified atom stereocenters. The Bertz CT molecular complexity index is 378. The summed E-state index contributed by atoms with van der Waals surface area (Å²) < 4.78 is 1.93. The predicted octanol–water partition coefficient (Wildman–Crippen LogP) is 0.995. The third kappa shape index (κ3) is 1.08. The van der Waals surface area contributed by atoms with Gasteiger partial charge in [-0.05, 0) is 6.07 Å². The van der Waals surface area contributed by atoms with E-state index in [2.05, 4.69) is 17.2 Å². The van der Waals surface area contributed by atoms with Crippen molar-refractivity contribution in [2.45, 2.75) is 6.54 Å². The van der Waals surface area contributed by atoms with E-state index >= 15 is 0 Å². The van der Waals surface area contributed by atoms with Crippen molar-refractivity contribution in [3.05, 3.63) is 30.5 Å². The Kier molecular flexibility index (Phi) is 1.80. The van der Waals surface area contributed by atoms with Gasteiger partial charge in [0.1, 0.15) is 0 Å². The summed E-state index contributed by atoms with van der Waals surface area (Å²) >= 11 is 0. The molecule has 2 aromatic rings. The van der Waals surface area contributed by atoms with Gasteiger partial charge in [0.05, 0.1) is 18.3 Å². The summed E-state index contributed by atoms with van der Waals surface area (Å²) in [4.78, 5) is 0. The molecule has 1 aromatic carbocycles.